The summed E-state index contributed by atoms with van der Waals surface area (Å²) in [5.74, 6) is -0.0552. The van der Waals surface area contributed by atoms with E-state index in [1.807, 2.05) is 30.9 Å². The molecule has 8 heteroatoms. The third-order valence-electron chi connectivity index (χ3n) is 5.26. The van der Waals surface area contributed by atoms with Crippen LogP contribution < -0.4 is 0 Å². The van der Waals surface area contributed by atoms with E-state index in [1.165, 1.54) is 22.0 Å². The number of rotatable bonds is 7. The Morgan fingerprint density at radius 2 is 1.55 bits per heavy atom. The summed E-state index contributed by atoms with van der Waals surface area (Å²) in [4.78, 5) is 21.2. The zero-order chi connectivity index (χ0) is 20.9. The molecule has 0 saturated carbocycles. The summed E-state index contributed by atoms with van der Waals surface area (Å²) in [6, 6.07) is 10.3. The zero-order valence-corrected chi connectivity index (χ0v) is 17.8. The highest BCUT2D eigenvalue weighted by molar-refractivity contribution is 7.89. The first-order chi connectivity index (χ1) is 14.0. The fourth-order valence-electron chi connectivity index (χ4n) is 3.52. The van der Waals surface area contributed by atoms with Crippen LogP contribution in [0.5, 0.6) is 0 Å². The number of hydrogen-bond acceptors (Lipinski definition) is 5. The SMILES string of the molecule is CCN(CC)S(=O)(=O)c1ccc(C(=O)N2CCN(Cc3ccncc3)CC2)cc1. The van der Waals surface area contributed by atoms with Crippen molar-refractivity contribution in [3.05, 3.63) is 59.9 Å². The van der Waals surface area contributed by atoms with E-state index >= 15 is 0 Å². The Morgan fingerprint density at radius 1 is 0.966 bits per heavy atom. The number of carbonyl (C=O) groups excluding carboxylic acids is 1. The van der Waals surface area contributed by atoms with Gasteiger partial charge in [-0.1, -0.05) is 13.8 Å². The van der Waals surface area contributed by atoms with Crippen molar-refractivity contribution < 1.29 is 13.2 Å². The van der Waals surface area contributed by atoms with Crippen molar-refractivity contribution in [1.82, 2.24) is 19.1 Å². The molecule has 2 heterocycles. The van der Waals surface area contributed by atoms with Gasteiger partial charge in [-0.2, -0.15) is 4.31 Å². The van der Waals surface area contributed by atoms with Crippen LogP contribution in [0.4, 0.5) is 0 Å². The summed E-state index contributed by atoms with van der Waals surface area (Å²) in [6.07, 6.45) is 3.58. The number of amides is 1. The number of aromatic nitrogens is 1. The maximum Gasteiger partial charge on any atom is 0.253 e. The van der Waals surface area contributed by atoms with Crippen molar-refractivity contribution in [1.29, 1.82) is 0 Å². The number of benzene rings is 1. The Kier molecular flexibility index (Phi) is 7.00. The lowest BCUT2D eigenvalue weighted by atomic mass is 10.1. The minimum Gasteiger partial charge on any atom is -0.336 e. The van der Waals surface area contributed by atoms with E-state index in [2.05, 4.69) is 9.88 Å². The normalized spacial score (nSPS) is 15.6. The third kappa shape index (κ3) is 5.01. The lowest BCUT2D eigenvalue weighted by molar-refractivity contribution is 0.0628. The molecular formula is C21H28N4O3S. The molecule has 2 aromatic rings. The molecule has 0 aliphatic carbocycles. The van der Waals surface area contributed by atoms with Crippen LogP contribution in [0.25, 0.3) is 0 Å². The third-order valence-corrected chi connectivity index (χ3v) is 7.32. The number of piperazine rings is 1. The van der Waals surface area contributed by atoms with E-state index < -0.39 is 10.0 Å². The van der Waals surface area contributed by atoms with E-state index in [1.54, 1.807) is 24.5 Å². The smallest absolute Gasteiger partial charge is 0.253 e. The van der Waals surface area contributed by atoms with Crippen LogP contribution in [0.2, 0.25) is 0 Å². The molecule has 0 bridgehead atoms. The minimum absolute atomic E-state index is 0.0552. The van der Waals surface area contributed by atoms with Crippen molar-refractivity contribution in [2.24, 2.45) is 0 Å². The molecule has 29 heavy (non-hydrogen) atoms. The predicted molar refractivity (Wildman–Crippen MR) is 112 cm³/mol. The second-order valence-corrected chi connectivity index (χ2v) is 8.98. The maximum absolute atomic E-state index is 12.8. The zero-order valence-electron chi connectivity index (χ0n) is 17.0. The Hall–Kier alpha value is -2.29. The number of carbonyl (C=O) groups is 1. The van der Waals surface area contributed by atoms with Gasteiger partial charge in [0.25, 0.3) is 5.91 Å². The van der Waals surface area contributed by atoms with Crippen LogP contribution in [-0.4, -0.2) is 72.7 Å². The van der Waals surface area contributed by atoms with Gasteiger partial charge in [-0.05, 0) is 42.0 Å². The molecule has 1 aliphatic heterocycles. The Balaban J connectivity index is 1.60. The van der Waals surface area contributed by atoms with Gasteiger partial charge in [-0.3, -0.25) is 14.7 Å². The summed E-state index contributed by atoms with van der Waals surface area (Å²) in [5, 5.41) is 0. The van der Waals surface area contributed by atoms with Crippen LogP contribution >= 0.6 is 0 Å². The highest BCUT2D eigenvalue weighted by Gasteiger charge is 2.24. The molecule has 156 valence electrons. The van der Waals surface area contributed by atoms with Gasteiger partial charge >= 0.3 is 0 Å². The minimum atomic E-state index is -3.51. The largest absolute Gasteiger partial charge is 0.336 e. The van der Waals surface area contributed by atoms with E-state index in [-0.39, 0.29) is 10.8 Å². The molecule has 1 saturated heterocycles. The second-order valence-electron chi connectivity index (χ2n) is 7.04. The first-order valence-electron chi connectivity index (χ1n) is 9.96. The summed E-state index contributed by atoms with van der Waals surface area (Å²) in [7, 11) is -3.51. The standard InChI is InChI=1S/C21H28N4O3S/c1-3-25(4-2)29(27,28)20-7-5-19(6-8-20)21(26)24-15-13-23(14-16-24)17-18-9-11-22-12-10-18/h5-12H,3-4,13-17H2,1-2H3. The van der Waals surface area contributed by atoms with Gasteiger partial charge < -0.3 is 4.90 Å². The Labute approximate surface area is 173 Å². The van der Waals surface area contributed by atoms with Crippen LogP contribution in [0.15, 0.2) is 53.7 Å². The molecule has 1 aromatic carbocycles. The van der Waals surface area contributed by atoms with Gasteiger partial charge in [-0.25, -0.2) is 8.42 Å². The highest BCUT2D eigenvalue weighted by Crippen LogP contribution is 2.18. The fraction of sp³-hybridized carbons (Fsp3) is 0.429. The van der Waals surface area contributed by atoms with E-state index in [9.17, 15) is 13.2 Å². The van der Waals surface area contributed by atoms with Gasteiger partial charge in [0.15, 0.2) is 0 Å². The summed E-state index contributed by atoms with van der Waals surface area (Å²) in [5.41, 5.74) is 1.73. The topological polar surface area (TPSA) is 73.8 Å². The van der Waals surface area contributed by atoms with Crippen molar-refractivity contribution >= 4 is 15.9 Å². The van der Waals surface area contributed by atoms with Gasteiger partial charge in [0.1, 0.15) is 0 Å². The van der Waals surface area contributed by atoms with Crippen LogP contribution in [0.1, 0.15) is 29.8 Å². The molecule has 1 amide bonds. The van der Waals surface area contributed by atoms with Crippen molar-refractivity contribution in [2.45, 2.75) is 25.3 Å². The van der Waals surface area contributed by atoms with Crippen molar-refractivity contribution in [3.63, 3.8) is 0 Å². The van der Waals surface area contributed by atoms with Crippen LogP contribution in [-0.2, 0) is 16.6 Å². The molecule has 0 radical (unpaired) electrons. The molecular weight excluding hydrogens is 388 g/mol. The number of nitrogens with zero attached hydrogens (tertiary/aromatic N) is 4. The van der Waals surface area contributed by atoms with Crippen molar-refractivity contribution in [3.8, 4) is 0 Å². The Bertz CT molecular complexity index is 905. The highest BCUT2D eigenvalue weighted by atomic mass is 32.2. The summed E-state index contributed by atoms with van der Waals surface area (Å²) < 4.78 is 26.6. The number of sulfonamides is 1. The number of pyridine rings is 1. The van der Waals surface area contributed by atoms with Gasteiger partial charge in [0.2, 0.25) is 10.0 Å². The monoisotopic (exact) mass is 416 g/mol. The molecule has 0 atom stereocenters. The second kappa shape index (κ2) is 9.47. The summed E-state index contributed by atoms with van der Waals surface area (Å²) in [6.45, 7) is 8.24. The van der Waals surface area contributed by atoms with Gasteiger partial charge in [-0.15, -0.1) is 0 Å². The fourth-order valence-corrected chi connectivity index (χ4v) is 4.98. The van der Waals surface area contributed by atoms with E-state index in [0.717, 1.165) is 19.6 Å². The van der Waals surface area contributed by atoms with E-state index in [4.69, 9.17) is 0 Å². The van der Waals surface area contributed by atoms with E-state index in [0.29, 0.717) is 31.7 Å². The lowest BCUT2D eigenvalue weighted by Crippen LogP contribution is -2.48. The van der Waals surface area contributed by atoms with Crippen LogP contribution in [0, 0.1) is 0 Å². The lowest BCUT2D eigenvalue weighted by Gasteiger charge is -2.34. The predicted octanol–water partition coefficient (Wildman–Crippen LogP) is 2.07. The Morgan fingerprint density at radius 3 is 2.10 bits per heavy atom. The molecule has 1 aliphatic rings. The average molecular weight is 417 g/mol. The number of hydrogen-bond donors (Lipinski definition) is 0. The van der Waals surface area contributed by atoms with Gasteiger partial charge in [0.05, 0.1) is 4.90 Å². The first kappa shape index (κ1) is 21.4. The average Bonchev–Trinajstić information content (AvgIpc) is 2.75. The molecule has 0 spiro atoms. The van der Waals surface area contributed by atoms with Crippen molar-refractivity contribution in [2.75, 3.05) is 39.3 Å². The quantitative estimate of drug-likeness (QED) is 0.691. The molecule has 0 unspecified atom stereocenters. The van der Waals surface area contributed by atoms with Gasteiger partial charge in [0, 0.05) is 63.8 Å². The van der Waals surface area contributed by atoms with Crippen LogP contribution in [0.3, 0.4) is 0 Å². The molecule has 1 aromatic heterocycles. The molecule has 7 nitrogen and oxygen atoms in total. The first-order valence-corrected chi connectivity index (χ1v) is 11.4. The molecule has 3 rings (SSSR count). The molecule has 1 fully saturated rings. The maximum atomic E-state index is 12.8. The molecule has 0 N–H and O–H groups in total. The summed E-state index contributed by atoms with van der Waals surface area (Å²) >= 11 is 0.